The summed E-state index contributed by atoms with van der Waals surface area (Å²) in [6, 6.07) is 8.49. The zero-order chi connectivity index (χ0) is 12.4. The van der Waals surface area contributed by atoms with Crippen LogP contribution in [-0.4, -0.2) is 36.5 Å². The molecule has 0 unspecified atom stereocenters. The predicted molar refractivity (Wildman–Crippen MR) is 68.0 cm³/mol. The summed E-state index contributed by atoms with van der Waals surface area (Å²) in [6.45, 7) is 0.716. The Labute approximate surface area is 107 Å². The smallest absolute Gasteiger partial charge is 0.161 e. The molecule has 2 aliphatic rings. The first-order valence-electron chi connectivity index (χ1n) is 6.62. The molecular weight excluding hydrogens is 230 g/mol. The van der Waals surface area contributed by atoms with Gasteiger partial charge in [0.25, 0.3) is 0 Å². The van der Waals surface area contributed by atoms with Crippen molar-refractivity contribution < 1.29 is 14.6 Å². The summed E-state index contributed by atoms with van der Waals surface area (Å²) in [5.41, 5.74) is 0. The van der Waals surface area contributed by atoms with E-state index in [9.17, 15) is 0 Å². The lowest BCUT2D eigenvalue weighted by Gasteiger charge is -2.32. The highest BCUT2D eigenvalue weighted by molar-refractivity contribution is 5.40. The van der Waals surface area contributed by atoms with Crippen molar-refractivity contribution in [1.82, 2.24) is 5.32 Å². The first-order valence-corrected chi connectivity index (χ1v) is 6.62. The molecule has 1 fully saturated rings. The molecule has 98 valence electrons. The molecule has 4 nitrogen and oxygen atoms in total. The topological polar surface area (TPSA) is 50.7 Å². The Hall–Kier alpha value is -1.26. The lowest BCUT2D eigenvalue weighted by molar-refractivity contribution is 0.0533. The van der Waals surface area contributed by atoms with Crippen molar-refractivity contribution in [2.75, 3.05) is 13.2 Å². The maximum absolute atomic E-state index is 9.16. The van der Waals surface area contributed by atoms with E-state index in [2.05, 4.69) is 5.32 Å². The Bertz CT molecular complexity index is 406. The van der Waals surface area contributed by atoms with Crippen LogP contribution in [0.5, 0.6) is 11.5 Å². The van der Waals surface area contributed by atoms with Gasteiger partial charge in [0, 0.05) is 18.7 Å². The molecule has 1 aromatic rings. The van der Waals surface area contributed by atoms with E-state index in [1.54, 1.807) is 0 Å². The number of aliphatic hydroxyl groups is 1. The first kappa shape index (κ1) is 11.8. The van der Waals surface area contributed by atoms with E-state index in [0.717, 1.165) is 11.5 Å². The Morgan fingerprint density at radius 3 is 2.78 bits per heavy atom. The van der Waals surface area contributed by atoms with Crippen molar-refractivity contribution in [1.29, 1.82) is 0 Å². The number of aliphatic hydroxyl groups excluding tert-OH is 1. The van der Waals surface area contributed by atoms with Crippen LogP contribution in [0.15, 0.2) is 24.3 Å². The van der Waals surface area contributed by atoms with Crippen molar-refractivity contribution >= 4 is 0 Å². The fourth-order valence-electron chi connectivity index (χ4n) is 2.30. The largest absolute Gasteiger partial charge is 0.486 e. The monoisotopic (exact) mass is 249 g/mol. The van der Waals surface area contributed by atoms with Gasteiger partial charge in [-0.05, 0) is 31.4 Å². The van der Waals surface area contributed by atoms with Crippen LogP contribution in [0.3, 0.4) is 0 Å². The highest BCUT2D eigenvalue weighted by atomic mass is 16.6. The summed E-state index contributed by atoms with van der Waals surface area (Å²) >= 11 is 0. The average molecular weight is 249 g/mol. The van der Waals surface area contributed by atoms with Crippen molar-refractivity contribution in [3.63, 3.8) is 0 Å². The summed E-state index contributed by atoms with van der Waals surface area (Å²) < 4.78 is 11.7. The van der Waals surface area contributed by atoms with Gasteiger partial charge in [0.2, 0.25) is 0 Å². The van der Waals surface area contributed by atoms with E-state index in [4.69, 9.17) is 14.6 Å². The van der Waals surface area contributed by atoms with Crippen LogP contribution in [0.25, 0.3) is 0 Å². The van der Waals surface area contributed by atoms with Crippen molar-refractivity contribution in [2.45, 2.75) is 37.5 Å². The normalized spacial score (nSPS) is 23.7. The minimum absolute atomic E-state index is 0.0207. The van der Waals surface area contributed by atoms with E-state index in [-0.39, 0.29) is 18.8 Å². The number of benzene rings is 1. The predicted octanol–water partition coefficient (Wildman–Crippen LogP) is 1.33. The fourth-order valence-corrected chi connectivity index (χ4v) is 2.30. The molecule has 0 amide bonds. The fraction of sp³-hybridized carbons (Fsp3) is 0.571. The van der Waals surface area contributed by atoms with Gasteiger partial charge < -0.3 is 19.9 Å². The van der Waals surface area contributed by atoms with Crippen LogP contribution in [0.2, 0.25) is 0 Å². The molecule has 1 aliphatic heterocycles. The molecular formula is C14H19NO3. The molecule has 1 heterocycles. The van der Waals surface area contributed by atoms with Crippen molar-refractivity contribution in [3.8, 4) is 11.5 Å². The van der Waals surface area contributed by atoms with Crippen LogP contribution in [-0.2, 0) is 0 Å². The molecule has 1 aliphatic carbocycles. The molecule has 2 atom stereocenters. The van der Waals surface area contributed by atoms with Crippen LogP contribution in [0.1, 0.15) is 19.3 Å². The Morgan fingerprint density at radius 2 is 2.06 bits per heavy atom. The average Bonchev–Trinajstić information content (AvgIpc) is 3.22. The summed E-state index contributed by atoms with van der Waals surface area (Å²) in [6.07, 6.45) is 3.14. The standard InChI is InChI=1S/C14H19NO3/c16-8-7-11(15-10-5-6-10)14-9-17-12-3-1-2-4-13(12)18-14/h1-4,10-11,14-16H,5-9H2/t11-,14+/m0/s1. The first-order chi connectivity index (χ1) is 8.86. The SMILES string of the molecule is OCC[C@H](NC1CC1)[C@H]1COc2ccccc2O1. The van der Waals surface area contributed by atoms with E-state index in [1.165, 1.54) is 12.8 Å². The van der Waals surface area contributed by atoms with Crippen LogP contribution < -0.4 is 14.8 Å². The van der Waals surface area contributed by atoms with Gasteiger partial charge >= 0.3 is 0 Å². The van der Waals surface area contributed by atoms with Gasteiger partial charge in [-0.3, -0.25) is 0 Å². The number of fused-ring (bicyclic) bond motifs is 1. The van der Waals surface area contributed by atoms with Gasteiger partial charge in [-0.1, -0.05) is 12.1 Å². The molecule has 0 radical (unpaired) electrons. The van der Waals surface area contributed by atoms with E-state index in [1.807, 2.05) is 24.3 Å². The quantitative estimate of drug-likeness (QED) is 0.826. The molecule has 0 bridgehead atoms. The van der Waals surface area contributed by atoms with Gasteiger partial charge in [0.05, 0.1) is 0 Å². The Morgan fingerprint density at radius 1 is 1.28 bits per heavy atom. The van der Waals surface area contributed by atoms with E-state index >= 15 is 0 Å². The Balaban J connectivity index is 1.68. The minimum atomic E-state index is -0.0207. The van der Waals surface area contributed by atoms with E-state index < -0.39 is 0 Å². The zero-order valence-corrected chi connectivity index (χ0v) is 10.3. The summed E-state index contributed by atoms with van der Waals surface area (Å²) in [5, 5.41) is 12.7. The van der Waals surface area contributed by atoms with Crippen molar-refractivity contribution in [2.24, 2.45) is 0 Å². The zero-order valence-electron chi connectivity index (χ0n) is 10.3. The highest BCUT2D eigenvalue weighted by Crippen LogP contribution is 2.32. The van der Waals surface area contributed by atoms with Crippen molar-refractivity contribution in [3.05, 3.63) is 24.3 Å². The second-order valence-corrected chi connectivity index (χ2v) is 4.97. The second-order valence-electron chi connectivity index (χ2n) is 4.97. The number of hydrogen-bond donors (Lipinski definition) is 2. The second kappa shape index (κ2) is 5.16. The third kappa shape index (κ3) is 2.60. The minimum Gasteiger partial charge on any atom is -0.486 e. The maximum Gasteiger partial charge on any atom is 0.161 e. The molecule has 0 saturated heterocycles. The van der Waals surface area contributed by atoms with Crippen LogP contribution in [0, 0.1) is 0 Å². The molecule has 1 saturated carbocycles. The number of rotatable bonds is 5. The Kier molecular flexibility index (Phi) is 3.39. The number of nitrogens with one attached hydrogen (secondary N) is 1. The summed E-state index contributed by atoms with van der Waals surface area (Å²) in [4.78, 5) is 0. The van der Waals surface area contributed by atoms with Gasteiger partial charge in [0.15, 0.2) is 11.5 Å². The summed E-state index contributed by atoms with van der Waals surface area (Å²) in [7, 11) is 0. The lowest BCUT2D eigenvalue weighted by atomic mass is 10.1. The molecule has 3 rings (SSSR count). The van der Waals surface area contributed by atoms with Crippen LogP contribution >= 0.6 is 0 Å². The number of ether oxygens (including phenoxy) is 2. The highest BCUT2D eigenvalue weighted by Gasteiger charge is 2.32. The molecule has 2 N–H and O–H groups in total. The van der Waals surface area contributed by atoms with Gasteiger partial charge in [-0.2, -0.15) is 0 Å². The molecule has 0 aromatic heterocycles. The third-order valence-electron chi connectivity index (χ3n) is 3.45. The number of para-hydroxylation sites is 2. The van der Waals surface area contributed by atoms with Gasteiger partial charge in [-0.15, -0.1) is 0 Å². The molecule has 1 aromatic carbocycles. The molecule has 4 heteroatoms. The molecule has 18 heavy (non-hydrogen) atoms. The van der Waals surface area contributed by atoms with E-state index in [0.29, 0.717) is 19.1 Å². The summed E-state index contributed by atoms with van der Waals surface area (Å²) in [5.74, 6) is 1.61. The lowest BCUT2D eigenvalue weighted by Crippen LogP contribution is -2.49. The van der Waals surface area contributed by atoms with Gasteiger partial charge in [-0.25, -0.2) is 0 Å². The number of hydrogen-bond acceptors (Lipinski definition) is 4. The van der Waals surface area contributed by atoms with Gasteiger partial charge in [0.1, 0.15) is 12.7 Å². The third-order valence-corrected chi connectivity index (χ3v) is 3.45. The molecule has 0 spiro atoms. The van der Waals surface area contributed by atoms with Crippen LogP contribution in [0.4, 0.5) is 0 Å². The maximum atomic E-state index is 9.16.